The molecule has 1 heterocycles. The number of nitrogens with zero attached hydrogens (tertiary/aromatic N) is 1. The summed E-state index contributed by atoms with van der Waals surface area (Å²) in [5.74, 6) is 1.28. The van der Waals surface area contributed by atoms with Gasteiger partial charge in [-0.05, 0) is 12.8 Å². The Labute approximate surface area is 94.1 Å². The molecular formula is C8H13Cl2N3O. The highest BCUT2D eigenvalue weighted by Gasteiger charge is 2.26. The third-order valence-electron chi connectivity index (χ3n) is 1.99. The third-order valence-corrected chi connectivity index (χ3v) is 1.99. The molecule has 3 N–H and O–H groups in total. The fourth-order valence-corrected chi connectivity index (χ4v) is 1.18. The summed E-state index contributed by atoms with van der Waals surface area (Å²) in [5.41, 5.74) is 5.98. The zero-order chi connectivity index (χ0) is 8.55. The molecule has 1 aromatic rings. The monoisotopic (exact) mass is 237 g/mol. The second kappa shape index (κ2) is 5.34. The second-order valence-electron chi connectivity index (χ2n) is 3.10. The van der Waals surface area contributed by atoms with Gasteiger partial charge in [0.15, 0.2) is 0 Å². The van der Waals surface area contributed by atoms with E-state index in [2.05, 4.69) is 9.97 Å². The third kappa shape index (κ3) is 2.97. The number of nitrogens with one attached hydrogen (secondary N) is 1. The number of rotatable bonds is 2. The maximum Gasteiger partial charge on any atom is 0.251 e. The van der Waals surface area contributed by atoms with Crippen LogP contribution < -0.4 is 11.3 Å². The van der Waals surface area contributed by atoms with Crippen molar-refractivity contribution in [3.05, 3.63) is 27.9 Å². The summed E-state index contributed by atoms with van der Waals surface area (Å²) in [7, 11) is 0. The Balaban J connectivity index is 0.000000845. The molecule has 0 amide bonds. The Morgan fingerprint density at radius 1 is 1.50 bits per heavy atom. The summed E-state index contributed by atoms with van der Waals surface area (Å²) in [6.07, 6.45) is 2.27. The molecule has 1 aliphatic carbocycles. The molecule has 6 heteroatoms. The maximum absolute atomic E-state index is 11.1. The fourth-order valence-electron chi connectivity index (χ4n) is 1.18. The predicted molar refractivity (Wildman–Crippen MR) is 59.2 cm³/mol. The molecular weight excluding hydrogens is 225 g/mol. The van der Waals surface area contributed by atoms with E-state index in [-0.39, 0.29) is 30.4 Å². The van der Waals surface area contributed by atoms with Gasteiger partial charge in [0.25, 0.3) is 5.56 Å². The Morgan fingerprint density at radius 3 is 2.64 bits per heavy atom. The van der Waals surface area contributed by atoms with Gasteiger partial charge < -0.3 is 10.7 Å². The number of aromatic nitrogens is 2. The lowest BCUT2D eigenvalue weighted by Gasteiger charge is -1.99. The molecule has 0 unspecified atom stereocenters. The summed E-state index contributed by atoms with van der Waals surface area (Å²) in [5, 5.41) is 0. The number of nitrogens with two attached hydrogens (primary N) is 1. The van der Waals surface area contributed by atoms with Crippen LogP contribution in [-0.4, -0.2) is 9.97 Å². The van der Waals surface area contributed by atoms with E-state index < -0.39 is 0 Å². The van der Waals surface area contributed by atoms with Crippen LogP contribution >= 0.6 is 24.8 Å². The molecule has 2 rings (SSSR count). The van der Waals surface area contributed by atoms with E-state index in [0.29, 0.717) is 18.2 Å². The van der Waals surface area contributed by atoms with Crippen molar-refractivity contribution in [2.75, 3.05) is 0 Å². The van der Waals surface area contributed by atoms with Gasteiger partial charge in [0, 0.05) is 18.5 Å². The molecule has 0 atom stereocenters. The van der Waals surface area contributed by atoms with Crippen molar-refractivity contribution in [3.63, 3.8) is 0 Å². The number of H-pyrrole nitrogens is 1. The average Bonchev–Trinajstić information content (AvgIpc) is 2.85. The van der Waals surface area contributed by atoms with Crippen molar-refractivity contribution in [2.24, 2.45) is 5.73 Å². The molecule has 1 fully saturated rings. The van der Waals surface area contributed by atoms with Crippen LogP contribution in [0.15, 0.2) is 10.9 Å². The summed E-state index contributed by atoms with van der Waals surface area (Å²) < 4.78 is 0. The normalized spacial score (nSPS) is 14.1. The van der Waals surface area contributed by atoms with Gasteiger partial charge in [0.05, 0.1) is 5.69 Å². The standard InChI is InChI=1S/C8H11N3O.2ClH/c9-4-6-3-7(12)11-8(10-6)5-1-2-5;;/h3,5H,1-2,4,9H2,(H,10,11,12);2*1H. The molecule has 80 valence electrons. The van der Waals surface area contributed by atoms with Crippen LogP contribution in [-0.2, 0) is 6.54 Å². The fraction of sp³-hybridized carbons (Fsp3) is 0.500. The van der Waals surface area contributed by atoms with Crippen LogP contribution in [0.25, 0.3) is 0 Å². The van der Waals surface area contributed by atoms with Crippen molar-refractivity contribution < 1.29 is 0 Å². The first kappa shape index (κ1) is 13.4. The highest BCUT2D eigenvalue weighted by Crippen LogP contribution is 2.37. The van der Waals surface area contributed by atoms with Crippen molar-refractivity contribution in [3.8, 4) is 0 Å². The van der Waals surface area contributed by atoms with Gasteiger partial charge in [-0.15, -0.1) is 24.8 Å². The molecule has 0 aliphatic heterocycles. The highest BCUT2D eigenvalue weighted by atomic mass is 35.5. The largest absolute Gasteiger partial charge is 0.325 e. The van der Waals surface area contributed by atoms with Crippen LogP contribution in [0.4, 0.5) is 0 Å². The highest BCUT2D eigenvalue weighted by molar-refractivity contribution is 5.85. The van der Waals surface area contributed by atoms with E-state index in [4.69, 9.17) is 5.73 Å². The Kier molecular flexibility index (Phi) is 5.12. The Morgan fingerprint density at radius 2 is 2.14 bits per heavy atom. The topological polar surface area (TPSA) is 71.8 Å². The van der Waals surface area contributed by atoms with E-state index >= 15 is 0 Å². The quantitative estimate of drug-likeness (QED) is 0.805. The van der Waals surface area contributed by atoms with Crippen LogP contribution in [0.2, 0.25) is 0 Å². The van der Waals surface area contributed by atoms with Gasteiger partial charge in [-0.2, -0.15) is 0 Å². The smallest absolute Gasteiger partial charge is 0.251 e. The van der Waals surface area contributed by atoms with Gasteiger partial charge in [0.1, 0.15) is 5.82 Å². The van der Waals surface area contributed by atoms with Gasteiger partial charge in [-0.3, -0.25) is 4.79 Å². The number of aromatic amines is 1. The minimum Gasteiger partial charge on any atom is -0.325 e. The van der Waals surface area contributed by atoms with Gasteiger partial charge in [-0.1, -0.05) is 0 Å². The van der Waals surface area contributed by atoms with Gasteiger partial charge in [-0.25, -0.2) is 4.98 Å². The van der Waals surface area contributed by atoms with E-state index in [1.165, 1.54) is 6.07 Å². The molecule has 0 radical (unpaired) electrons. The van der Waals surface area contributed by atoms with E-state index in [1.807, 2.05) is 0 Å². The Hall–Kier alpha value is -0.580. The van der Waals surface area contributed by atoms with Crippen LogP contribution in [0.5, 0.6) is 0 Å². The van der Waals surface area contributed by atoms with E-state index in [0.717, 1.165) is 18.7 Å². The lowest BCUT2D eigenvalue weighted by molar-refractivity contribution is 0.852. The van der Waals surface area contributed by atoms with Crippen LogP contribution in [0, 0.1) is 0 Å². The summed E-state index contributed by atoms with van der Waals surface area (Å²) in [6.45, 7) is 0.337. The van der Waals surface area contributed by atoms with Crippen molar-refractivity contribution in [1.29, 1.82) is 0 Å². The van der Waals surface area contributed by atoms with Crippen LogP contribution in [0.3, 0.4) is 0 Å². The zero-order valence-electron chi connectivity index (χ0n) is 7.53. The van der Waals surface area contributed by atoms with Gasteiger partial charge >= 0.3 is 0 Å². The molecule has 0 spiro atoms. The summed E-state index contributed by atoms with van der Waals surface area (Å²) in [6, 6.07) is 1.45. The molecule has 0 bridgehead atoms. The van der Waals surface area contributed by atoms with Crippen molar-refractivity contribution >= 4 is 24.8 Å². The van der Waals surface area contributed by atoms with Crippen molar-refractivity contribution in [1.82, 2.24) is 9.97 Å². The first-order valence-electron chi connectivity index (χ1n) is 4.10. The minimum absolute atomic E-state index is 0. The lowest BCUT2D eigenvalue weighted by atomic mass is 10.3. The van der Waals surface area contributed by atoms with E-state index in [9.17, 15) is 4.79 Å². The first-order valence-corrected chi connectivity index (χ1v) is 4.10. The molecule has 14 heavy (non-hydrogen) atoms. The zero-order valence-corrected chi connectivity index (χ0v) is 9.16. The lowest BCUT2D eigenvalue weighted by Crippen LogP contribution is -2.14. The maximum atomic E-state index is 11.1. The number of hydrogen-bond donors (Lipinski definition) is 2. The molecule has 1 saturated carbocycles. The molecule has 4 nitrogen and oxygen atoms in total. The Bertz CT molecular complexity index is 349. The predicted octanol–water partition coefficient (Wildman–Crippen LogP) is 0.950. The molecule has 1 aliphatic rings. The summed E-state index contributed by atoms with van der Waals surface area (Å²) in [4.78, 5) is 18.0. The number of halogens is 2. The van der Waals surface area contributed by atoms with Crippen molar-refractivity contribution in [2.45, 2.75) is 25.3 Å². The van der Waals surface area contributed by atoms with Crippen LogP contribution in [0.1, 0.15) is 30.3 Å². The number of hydrogen-bond acceptors (Lipinski definition) is 3. The second-order valence-corrected chi connectivity index (χ2v) is 3.10. The average molecular weight is 238 g/mol. The summed E-state index contributed by atoms with van der Waals surface area (Å²) >= 11 is 0. The minimum atomic E-state index is -0.0904. The first-order chi connectivity index (χ1) is 5.79. The molecule has 0 saturated heterocycles. The molecule has 1 aromatic heterocycles. The molecule has 0 aromatic carbocycles. The van der Waals surface area contributed by atoms with Gasteiger partial charge in [0.2, 0.25) is 0 Å². The SMILES string of the molecule is Cl.Cl.NCc1cc(=O)[nH]c(C2CC2)n1. The van der Waals surface area contributed by atoms with E-state index in [1.54, 1.807) is 0 Å².